The van der Waals surface area contributed by atoms with E-state index in [-0.39, 0.29) is 11.8 Å². The van der Waals surface area contributed by atoms with Crippen LogP contribution in [0.5, 0.6) is 0 Å². The summed E-state index contributed by atoms with van der Waals surface area (Å²) in [5.74, 6) is -0.329. The molecule has 2 amide bonds. The van der Waals surface area contributed by atoms with Crippen molar-refractivity contribution in [2.24, 2.45) is 0 Å². The number of pyridine rings is 1. The minimum absolute atomic E-state index is 0.114. The van der Waals surface area contributed by atoms with E-state index in [1.807, 2.05) is 84.9 Å². The molecule has 0 saturated carbocycles. The smallest absolute Gasteiger partial charge is 0.276 e. The first-order valence-corrected chi connectivity index (χ1v) is 13.1. The van der Waals surface area contributed by atoms with Gasteiger partial charge in [0.1, 0.15) is 5.69 Å². The number of anilines is 2. The van der Waals surface area contributed by atoms with Crippen LogP contribution in [0.15, 0.2) is 128 Å². The summed E-state index contributed by atoms with van der Waals surface area (Å²) in [6.07, 6.45) is 1.62. The fraction of sp³-hybridized carbons (Fsp3) is 0.0571. The summed E-state index contributed by atoms with van der Waals surface area (Å²) in [6, 6.07) is 38.9. The lowest BCUT2D eigenvalue weighted by Crippen LogP contribution is -2.28. The van der Waals surface area contributed by atoms with Crippen LogP contribution < -0.4 is 9.80 Å². The predicted octanol–water partition coefficient (Wildman–Crippen LogP) is 7.61. The van der Waals surface area contributed by atoms with Crippen molar-refractivity contribution < 1.29 is 9.59 Å². The van der Waals surface area contributed by atoms with E-state index in [0.717, 1.165) is 44.0 Å². The van der Waals surface area contributed by atoms with Gasteiger partial charge in [-0.25, -0.2) is 0 Å². The lowest BCUT2D eigenvalue weighted by atomic mass is 9.90. The van der Waals surface area contributed by atoms with E-state index in [2.05, 4.69) is 29.2 Å². The van der Waals surface area contributed by atoms with Gasteiger partial charge in [0.05, 0.1) is 11.4 Å². The molecule has 0 aliphatic rings. The zero-order valence-corrected chi connectivity index (χ0v) is 22.3. The molecule has 6 rings (SSSR count). The molecule has 1 aromatic heterocycles. The van der Waals surface area contributed by atoms with Gasteiger partial charge in [0.15, 0.2) is 0 Å². The SMILES string of the molecule is CN(C(=O)c1ccccc1)c1ccc2ccccc2c1-c1c(N(C)C(=O)c2ccccn2)ccc2ccccc12. The molecule has 0 radical (unpaired) electrons. The van der Waals surface area contributed by atoms with E-state index < -0.39 is 0 Å². The van der Waals surface area contributed by atoms with Crippen LogP contribution in [0.4, 0.5) is 11.4 Å². The lowest BCUT2D eigenvalue weighted by molar-refractivity contribution is 0.0982. The maximum absolute atomic E-state index is 13.7. The number of hydrogen-bond acceptors (Lipinski definition) is 3. The van der Waals surface area contributed by atoms with Gasteiger partial charge in [-0.3, -0.25) is 14.6 Å². The van der Waals surface area contributed by atoms with Crippen molar-refractivity contribution in [3.05, 3.63) is 139 Å². The summed E-state index contributed by atoms with van der Waals surface area (Å²) in [5.41, 5.74) is 4.21. The van der Waals surface area contributed by atoms with Crippen LogP contribution in [0.3, 0.4) is 0 Å². The molecule has 1 heterocycles. The normalized spacial score (nSPS) is 10.9. The molecule has 0 atom stereocenters. The predicted molar refractivity (Wildman–Crippen MR) is 163 cm³/mol. The van der Waals surface area contributed by atoms with Gasteiger partial charge in [-0.15, -0.1) is 0 Å². The van der Waals surface area contributed by atoms with Crippen LogP contribution in [-0.4, -0.2) is 30.9 Å². The second kappa shape index (κ2) is 10.5. The molecular weight excluding hydrogens is 494 g/mol. The van der Waals surface area contributed by atoms with Gasteiger partial charge in [0.2, 0.25) is 0 Å². The zero-order chi connectivity index (χ0) is 27.6. The van der Waals surface area contributed by atoms with Crippen molar-refractivity contribution in [3.8, 4) is 11.1 Å². The Kier molecular flexibility index (Phi) is 6.54. The first-order valence-electron chi connectivity index (χ1n) is 13.1. The number of benzene rings is 5. The number of hydrogen-bond donors (Lipinski definition) is 0. The molecule has 5 aromatic carbocycles. The number of carbonyl (C=O) groups excluding carboxylic acids is 2. The Morgan fingerprint density at radius 2 is 1.02 bits per heavy atom. The van der Waals surface area contributed by atoms with Gasteiger partial charge in [0, 0.05) is 37.0 Å². The Labute approximate surface area is 232 Å². The fourth-order valence-electron chi connectivity index (χ4n) is 5.26. The van der Waals surface area contributed by atoms with Gasteiger partial charge in [-0.05, 0) is 57.9 Å². The van der Waals surface area contributed by atoms with Crippen molar-refractivity contribution in [1.29, 1.82) is 0 Å². The number of nitrogens with zero attached hydrogens (tertiary/aromatic N) is 3. The van der Waals surface area contributed by atoms with Gasteiger partial charge in [0.25, 0.3) is 11.8 Å². The van der Waals surface area contributed by atoms with E-state index >= 15 is 0 Å². The monoisotopic (exact) mass is 521 g/mol. The second-order valence-electron chi connectivity index (χ2n) is 9.67. The summed E-state index contributed by atoms with van der Waals surface area (Å²) >= 11 is 0. The van der Waals surface area contributed by atoms with E-state index in [0.29, 0.717) is 11.3 Å². The quantitative estimate of drug-likeness (QED) is 0.235. The van der Waals surface area contributed by atoms with E-state index in [4.69, 9.17) is 0 Å². The number of rotatable bonds is 5. The van der Waals surface area contributed by atoms with Gasteiger partial charge in [-0.1, -0.05) is 84.9 Å². The average Bonchev–Trinajstić information content (AvgIpc) is 3.03. The molecule has 0 spiro atoms. The molecule has 0 aliphatic heterocycles. The van der Waals surface area contributed by atoms with E-state index in [9.17, 15) is 9.59 Å². The van der Waals surface area contributed by atoms with Gasteiger partial charge >= 0.3 is 0 Å². The Morgan fingerprint density at radius 1 is 0.525 bits per heavy atom. The molecule has 0 N–H and O–H groups in total. The highest BCUT2D eigenvalue weighted by Crippen LogP contribution is 2.45. The Balaban J connectivity index is 1.65. The second-order valence-corrected chi connectivity index (χ2v) is 9.67. The summed E-state index contributed by atoms with van der Waals surface area (Å²) in [5, 5.41) is 4.05. The largest absolute Gasteiger partial charge is 0.311 e. The van der Waals surface area contributed by atoms with Crippen LogP contribution in [0.2, 0.25) is 0 Å². The van der Waals surface area contributed by atoms with Crippen molar-refractivity contribution >= 4 is 44.7 Å². The van der Waals surface area contributed by atoms with Gasteiger partial charge in [-0.2, -0.15) is 0 Å². The molecule has 0 fully saturated rings. The summed E-state index contributed by atoms with van der Waals surface area (Å²) in [7, 11) is 3.57. The maximum atomic E-state index is 13.7. The number of carbonyl (C=O) groups is 2. The topological polar surface area (TPSA) is 53.5 Å². The van der Waals surface area contributed by atoms with Crippen LogP contribution in [0, 0.1) is 0 Å². The Hall–Kier alpha value is -5.29. The molecule has 5 heteroatoms. The molecule has 0 saturated heterocycles. The minimum atomic E-state index is -0.215. The highest BCUT2D eigenvalue weighted by atomic mass is 16.2. The van der Waals surface area contributed by atoms with Crippen LogP contribution >= 0.6 is 0 Å². The molecule has 0 unspecified atom stereocenters. The number of aromatic nitrogens is 1. The first-order chi connectivity index (χ1) is 19.5. The van der Waals surface area contributed by atoms with Gasteiger partial charge < -0.3 is 9.80 Å². The third kappa shape index (κ3) is 4.37. The molecule has 6 aromatic rings. The highest BCUT2D eigenvalue weighted by Gasteiger charge is 2.25. The number of amides is 2. The summed E-state index contributed by atoms with van der Waals surface area (Å²) in [6.45, 7) is 0. The van der Waals surface area contributed by atoms with Crippen molar-refractivity contribution in [1.82, 2.24) is 4.98 Å². The summed E-state index contributed by atoms with van der Waals surface area (Å²) in [4.78, 5) is 35.0. The molecule has 0 aliphatic carbocycles. The van der Waals surface area contributed by atoms with E-state index in [1.54, 1.807) is 42.2 Å². The Bertz CT molecular complexity index is 1730. The summed E-state index contributed by atoms with van der Waals surface area (Å²) < 4.78 is 0. The molecule has 194 valence electrons. The van der Waals surface area contributed by atoms with Crippen LogP contribution in [-0.2, 0) is 0 Å². The fourth-order valence-corrected chi connectivity index (χ4v) is 5.26. The molecule has 0 bridgehead atoms. The molecule has 40 heavy (non-hydrogen) atoms. The van der Waals surface area contributed by atoms with Crippen molar-refractivity contribution in [2.45, 2.75) is 0 Å². The third-order valence-electron chi connectivity index (χ3n) is 7.30. The van der Waals surface area contributed by atoms with Crippen LogP contribution in [0.25, 0.3) is 32.7 Å². The minimum Gasteiger partial charge on any atom is -0.311 e. The average molecular weight is 522 g/mol. The first kappa shape index (κ1) is 25.0. The standard InChI is InChI=1S/C35H27N3O2/c1-37(34(39)26-14-4-3-5-15-26)30-21-19-24-12-6-8-16-27(24)32(30)33-28-17-9-7-13-25(28)20-22-31(33)38(2)35(40)29-18-10-11-23-36-29/h3-23H,1-2H3. The zero-order valence-electron chi connectivity index (χ0n) is 22.3. The Morgan fingerprint density at radius 3 is 1.57 bits per heavy atom. The maximum Gasteiger partial charge on any atom is 0.276 e. The van der Waals surface area contributed by atoms with E-state index in [1.165, 1.54) is 0 Å². The van der Waals surface area contributed by atoms with Crippen molar-refractivity contribution in [2.75, 3.05) is 23.9 Å². The lowest BCUT2D eigenvalue weighted by Gasteiger charge is -2.27. The number of fused-ring (bicyclic) bond motifs is 2. The molecule has 5 nitrogen and oxygen atoms in total. The highest BCUT2D eigenvalue weighted by molar-refractivity contribution is 6.19. The van der Waals surface area contributed by atoms with Crippen LogP contribution in [0.1, 0.15) is 20.8 Å². The third-order valence-corrected chi connectivity index (χ3v) is 7.30. The van der Waals surface area contributed by atoms with Crippen molar-refractivity contribution in [3.63, 3.8) is 0 Å². The molecular formula is C35H27N3O2.